The van der Waals surface area contributed by atoms with E-state index in [1.165, 1.54) is 136 Å². The van der Waals surface area contributed by atoms with E-state index in [0.717, 1.165) is 48.9 Å². The molecule has 0 radical (unpaired) electrons. The van der Waals surface area contributed by atoms with Crippen LogP contribution in [-0.2, 0) is 9.47 Å². The van der Waals surface area contributed by atoms with E-state index >= 15 is 0 Å². The minimum Gasteiger partial charge on any atom is -0.438 e. The fourth-order valence-corrected chi connectivity index (χ4v) is 8.01. The van der Waals surface area contributed by atoms with E-state index in [1.54, 1.807) is 0 Å². The standard InChI is InChI=1S/C33H60O3/c1-4-6-8-9-10-12-28-17-19-30(20-18-28)31-22-25-33(26-23-31,36-32(34)35-3)24-21-29-15-13-27(14-16-29)11-7-5-2/h27-31H,4-26H2,1-3H3. The van der Waals surface area contributed by atoms with Crippen LogP contribution in [0, 0.1) is 29.6 Å². The maximum Gasteiger partial charge on any atom is 0.508 e. The Labute approximate surface area is 224 Å². The molecule has 0 heterocycles. The summed E-state index contributed by atoms with van der Waals surface area (Å²) in [5, 5.41) is 0. The van der Waals surface area contributed by atoms with Crippen LogP contribution in [-0.4, -0.2) is 18.9 Å². The van der Waals surface area contributed by atoms with Gasteiger partial charge in [0.2, 0.25) is 0 Å². The van der Waals surface area contributed by atoms with Crippen molar-refractivity contribution in [3.8, 4) is 0 Å². The van der Waals surface area contributed by atoms with Crippen LogP contribution in [0.25, 0.3) is 0 Å². The van der Waals surface area contributed by atoms with Gasteiger partial charge >= 0.3 is 6.16 Å². The number of unbranched alkanes of at least 4 members (excludes halogenated alkanes) is 5. The van der Waals surface area contributed by atoms with Crippen molar-refractivity contribution in [1.82, 2.24) is 0 Å². The highest BCUT2D eigenvalue weighted by atomic mass is 16.7. The topological polar surface area (TPSA) is 35.5 Å². The number of carbonyl (C=O) groups is 1. The number of hydrogen-bond donors (Lipinski definition) is 0. The first-order valence-electron chi connectivity index (χ1n) is 16.3. The van der Waals surface area contributed by atoms with Crippen molar-refractivity contribution in [2.24, 2.45) is 29.6 Å². The van der Waals surface area contributed by atoms with Crippen LogP contribution < -0.4 is 0 Å². The fraction of sp³-hybridized carbons (Fsp3) is 0.970. The van der Waals surface area contributed by atoms with Crippen LogP contribution in [0.2, 0.25) is 0 Å². The molecule has 3 aliphatic carbocycles. The normalized spacial score (nSPS) is 33.2. The Bertz CT molecular complexity index is 578. The molecule has 0 atom stereocenters. The van der Waals surface area contributed by atoms with Crippen molar-refractivity contribution < 1.29 is 14.3 Å². The SMILES string of the molecule is CCCCCCCC1CCC(C2CCC(CCC3CCC(CCCC)CC3)(OC(=O)OC)CC2)CC1. The van der Waals surface area contributed by atoms with Crippen LogP contribution in [0.5, 0.6) is 0 Å². The summed E-state index contributed by atoms with van der Waals surface area (Å²) in [6.45, 7) is 4.61. The van der Waals surface area contributed by atoms with Gasteiger partial charge in [0.1, 0.15) is 5.60 Å². The molecule has 3 heteroatoms. The van der Waals surface area contributed by atoms with Gasteiger partial charge in [0.15, 0.2) is 0 Å². The van der Waals surface area contributed by atoms with Gasteiger partial charge in [-0.2, -0.15) is 0 Å². The van der Waals surface area contributed by atoms with Gasteiger partial charge in [-0.15, -0.1) is 0 Å². The largest absolute Gasteiger partial charge is 0.508 e. The molecule has 0 N–H and O–H groups in total. The Morgan fingerprint density at radius 2 is 1.14 bits per heavy atom. The molecule has 0 aromatic carbocycles. The third-order valence-electron chi connectivity index (χ3n) is 10.6. The third-order valence-corrected chi connectivity index (χ3v) is 10.6. The number of hydrogen-bond acceptors (Lipinski definition) is 3. The Morgan fingerprint density at radius 3 is 1.72 bits per heavy atom. The Balaban J connectivity index is 1.40. The monoisotopic (exact) mass is 504 g/mol. The molecule has 210 valence electrons. The number of methoxy groups -OCH3 is 1. The summed E-state index contributed by atoms with van der Waals surface area (Å²) in [6, 6.07) is 0. The van der Waals surface area contributed by atoms with E-state index in [0.29, 0.717) is 0 Å². The van der Waals surface area contributed by atoms with Gasteiger partial charge in [0.25, 0.3) is 0 Å². The van der Waals surface area contributed by atoms with Gasteiger partial charge in [-0.1, -0.05) is 110 Å². The van der Waals surface area contributed by atoms with Crippen molar-refractivity contribution >= 4 is 6.16 Å². The molecule has 3 aliphatic rings. The van der Waals surface area contributed by atoms with Crippen LogP contribution >= 0.6 is 0 Å². The van der Waals surface area contributed by atoms with Crippen LogP contribution in [0.15, 0.2) is 0 Å². The van der Waals surface area contributed by atoms with E-state index in [4.69, 9.17) is 9.47 Å². The molecule has 0 aromatic heterocycles. The van der Waals surface area contributed by atoms with Crippen molar-refractivity contribution in [2.45, 2.75) is 167 Å². The summed E-state index contributed by atoms with van der Waals surface area (Å²) in [5.41, 5.74) is -0.266. The van der Waals surface area contributed by atoms with Gasteiger partial charge in [-0.05, 0) is 81.0 Å². The molecule has 3 rings (SSSR count). The van der Waals surface area contributed by atoms with E-state index in [2.05, 4.69) is 13.8 Å². The second-order valence-corrected chi connectivity index (χ2v) is 13.1. The molecule has 0 aliphatic heterocycles. The van der Waals surface area contributed by atoms with E-state index < -0.39 is 6.16 Å². The predicted octanol–water partition coefficient (Wildman–Crippen LogP) is 10.6. The predicted molar refractivity (Wildman–Crippen MR) is 151 cm³/mol. The highest BCUT2D eigenvalue weighted by molar-refractivity contribution is 5.60. The van der Waals surface area contributed by atoms with Gasteiger partial charge in [0, 0.05) is 0 Å². The summed E-state index contributed by atoms with van der Waals surface area (Å²) in [6.07, 6.45) is 30.5. The first-order chi connectivity index (χ1) is 17.6. The number of carbonyl (C=O) groups excluding carboxylic acids is 1. The third kappa shape index (κ3) is 9.86. The van der Waals surface area contributed by atoms with Crippen molar-refractivity contribution in [3.63, 3.8) is 0 Å². The molecule has 3 nitrogen and oxygen atoms in total. The average Bonchev–Trinajstić information content (AvgIpc) is 2.92. The molecular weight excluding hydrogens is 444 g/mol. The Morgan fingerprint density at radius 1 is 0.639 bits per heavy atom. The van der Waals surface area contributed by atoms with Gasteiger partial charge in [0.05, 0.1) is 7.11 Å². The van der Waals surface area contributed by atoms with Crippen molar-refractivity contribution in [3.05, 3.63) is 0 Å². The second-order valence-electron chi connectivity index (χ2n) is 13.1. The molecular formula is C33H60O3. The highest BCUT2D eigenvalue weighted by Gasteiger charge is 2.42. The average molecular weight is 505 g/mol. The zero-order valence-corrected chi connectivity index (χ0v) is 24.4. The van der Waals surface area contributed by atoms with Crippen LogP contribution in [0.4, 0.5) is 4.79 Å². The lowest BCUT2D eigenvalue weighted by Gasteiger charge is -2.43. The lowest BCUT2D eigenvalue weighted by molar-refractivity contribution is -0.0701. The zero-order valence-electron chi connectivity index (χ0n) is 24.4. The fourth-order valence-electron chi connectivity index (χ4n) is 8.01. The van der Waals surface area contributed by atoms with Gasteiger partial charge in [-0.3, -0.25) is 0 Å². The van der Waals surface area contributed by atoms with Crippen molar-refractivity contribution in [2.75, 3.05) is 7.11 Å². The summed E-state index contributed by atoms with van der Waals surface area (Å²) in [4.78, 5) is 12.2. The molecule has 0 saturated heterocycles. The lowest BCUT2D eigenvalue weighted by atomic mass is 9.66. The lowest BCUT2D eigenvalue weighted by Crippen LogP contribution is -2.41. The van der Waals surface area contributed by atoms with Crippen LogP contribution in [0.1, 0.15) is 162 Å². The summed E-state index contributed by atoms with van der Waals surface area (Å²) < 4.78 is 11.0. The highest BCUT2D eigenvalue weighted by Crippen LogP contribution is 2.47. The molecule has 0 amide bonds. The zero-order chi connectivity index (χ0) is 25.6. The molecule has 0 aromatic rings. The van der Waals surface area contributed by atoms with Gasteiger partial charge in [-0.25, -0.2) is 4.79 Å². The minimum atomic E-state index is -0.462. The number of ether oxygens (including phenoxy) is 2. The quantitative estimate of drug-likeness (QED) is 0.174. The maximum atomic E-state index is 12.2. The molecule has 3 saturated carbocycles. The first kappa shape index (κ1) is 29.8. The summed E-state index contributed by atoms with van der Waals surface area (Å²) in [5.74, 6) is 4.55. The number of rotatable bonds is 14. The Hall–Kier alpha value is -0.730. The van der Waals surface area contributed by atoms with E-state index in [9.17, 15) is 4.79 Å². The van der Waals surface area contributed by atoms with Crippen LogP contribution in [0.3, 0.4) is 0 Å². The molecule has 0 unspecified atom stereocenters. The van der Waals surface area contributed by atoms with Gasteiger partial charge < -0.3 is 9.47 Å². The first-order valence-corrected chi connectivity index (χ1v) is 16.3. The molecule has 0 spiro atoms. The summed E-state index contributed by atoms with van der Waals surface area (Å²) >= 11 is 0. The van der Waals surface area contributed by atoms with E-state index in [1.807, 2.05) is 0 Å². The second kappa shape index (κ2) is 16.3. The molecule has 0 bridgehead atoms. The molecule has 3 fully saturated rings. The van der Waals surface area contributed by atoms with Crippen molar-refractivity contribution in [1.29, 1.82) is 0 Å². The smallest absolute Gasteiger partial charge is 0.438 e. The summed E-state index contributed by atoms with van der Waals surface area (Å²) in [7, 11) is 1.46. The Kier molecular flexibility index (Phi) is 13.5. The minimum absolute atomic E-state index is 0.266. The maximum absolute atomic E-state index is 12.2. The molecule has 36 heavy (non-hydrogen) atoms. The van der Waals surface area contributed by atoms with E-state index in [-0.39, 0.29) is 5.60 Å².